The van der Waals surface area contributed by atoms with E-state index in [1.165, 1.54) is 11.6 Å². The maximum atomic E-state index is 14.5. The average molecular weight is 384 g/mol. The summed E-state index contributed by atoms with van der Waals surface area (Å²) in [4.78, 5) is 11.2. The van der Waals surface area contributed by atoms with Crippen LogP contribution in [0, 0.1) is 17.7 Å². The zero-order valence-electron chi connectivity index (χ0n) is 16.2. The van der Waals surface area contributed by atoms with Crippen molar-refractivity contribution in [2.45, 2.75) is 19.8 Å². The summed E-state index contributed by atoms with van der Waals surface area (Å²) in [6, 6.07) is 20.0. The van der Waals surface area contributed by atoms with E-state index in [0.29, 0.717) is 16.9 Å². The molecule has 0 fully saturated rings. The van der Waals surface area contributed by atoms with Gasteiger partial charge in [0.2, 0.25) is 0 Å². The van der Waals surface area contributed by atoms with Crippen LogP contribution in [0.1, 0.15) is 30.0 Å². The summed E-state index contributed by atoms with van der Waals surface area (Å²) in [5.74, 6) is 5.31. The fraction of sp³-hybridized carbons (Fsp3) is 0.115. The molecular formula is C26H21FO2. The van der Waals surface area contributed by atoms with Crippen molar-refractivity contribution < 1.29 is 13.9 Å². The second-order valence-corrected chi connectivity index (χ2v) is 6.54. The molecule has 3 aromatic rings. The van der Waals surface area contributed by atoms with Crippen LogP contribution in [-0.2, 0) is 11.2 Å². The molecule has 29 heavy (non-hydrogen) atoms. The molecule has 0 aliphatic heterocycles. The van der Waals surface area contributed by atoms with Gasteiger partial charge in [0.05, 0.1) is 5.56 Å². The highest BCUT2D eigenvalue weighted by molar-refractivity contribution is 5.83. The van der Waals surface area contributed by atoms with Gasteiger partial charge in [-0.25, -0.2) is 9.18 Å². The smallest absolute Gasteiger partial charge is 0.335 e. The molecular weight excluding hydrogens is 363 g/mol. The molecule has 2 nitrogen and oxygen atoms in total. The molecule has 0 spiro atoms. The Hall–Kier alpha value is -3.64. The molecule has 0 amide bonds. The molecule has 0 radical (unpaired) electrons. The Morgan fingerprint density at radius 3 is 2.31 bits per heavy atom. The number of rotatable bonds is 5. The Kier molecular flexibility index (Phi) is 6.60. The van der Waals surface area contributed by atoms with Crippen molar-refractivity contribution in [3.63, 3.8) is 0 Å². The van der Waals surface area contributed by atoms with Gasteiger partial charge in [0.15, 0.2) is 0 Å². The highest BCUT2D eigenvalue weighted by atomic mass is 19.1. The van der Waals surface area contributed by atoms with Crippen LogP contribution in [0.15, 0.2) is 79.4 Å². The highest BCUT2D eigenvalue weighted by Crippen LogP contribution is 2.23. The normalized spacial score (nSPS) is 10.0. The van der Waals surface area contributed by atoms with Gasteiger partial charge < -0.3 is 4.74 Å². The number of aryl methyl sites for hydroxylation is 1. The predicted octanol–water partition coefficient (Wildman–Crippen LogP) is 5.94. The minimum Gasteiger partial charge on any atom is -0.423 e. The lowest BCUT2D eigenvalue weighted by atomic mass is 10.0. The molecule has 3 aromatic carbocycles. The van der Waals surface area contributed by atoms with Gasteiger partial charge in [-0.15, -0.1) is 0 Å². The lowest BCUT2D eigenvalue weighted by molar-refractivity contribution is -0.128. The summed E-state index contributed by atoms with van der Waals surface area (Å²) in [6.45, 7) is 5.50. The predicted molar refractivity (Wildman–Crippen MR) is 114 cm³/mol. The molecule has 0 saturated heterocycles. The first-order valence-corrected chi connectivity index (χ1v) is 9.44. The van der Waals surface area contributed by atoms with Gasteiger partial charge in [0, 0.05) is 11.6 Å². The van der Waals surface area contributed by atoms with Crippen LogP contribution in [0.3, 0.4) is 0 Å². The van der Waals surface area contributed by atoms with Crippen molar-refractivity contribution in [3.8, 4) is 28.7 Å². The summed E-state index contributed by atoms with van der Waals surface area (Å²) in [6.07, 6.45) is 3.24. The first-order valence-electron chi connectivity index (χ1n) is 9.44. The van der Waals surface area contributed by atoms with Crippen LogP contribution in [0.4, 0.5) is 4.39 Å². The summed E-state index contributed by atoms with van der Waals surface area (Å²) >= 11 is 0. The van der Waals surface area contributed by atoms with Gasteiger partial charge in [-0.05, 0) is 59.5 Å². The van der Waals surface area contributed by atoms with Gasteiger partial charge in [-0.3, -0.25) is 0 Å². The van der Waals surface area contributed by atoms with Crippen molar-refractivity contribution in [2.24, 2.45) is 0 Å². The van der Waals surface area contributed by atoms with Crippen LogP contribution in [0.25, 0.3) is 11.1 Å². The quantitative estimate of drug-likeness (QED) is 0.236. The number of halogens is 1. The average Bonchev–Trinajstić information content (AvgIpc) is 2.74. The van der Waals surface area contributed by atoms with E-state index in [2.05, 4.69) is 37.5 Å². The van der Waals surface area contributed by atoms with E-state index in [1.54, 1.807) is 30.3 Å². The van der Waals surface area contributed by atoms with Gasteiger partial charge in [0.1, 0.15) is 11.6 Å². The fourth-order valence-corrected chi connectivity index (χ4v) is 2.85. The van der Waals surface area contributed by atoms with Crippen molar-refractivity contribution >= 4 is 5.97 Å². The molecule has 0 N–H and O–H groups in total. The van der Waals surface area contributed by atoms with E-state index in [-0.39, 0.29) is 5.82 Å². The van der Waals surface area contributed by atoms with E-state index >= 15 is 0 Å². The summed E-state index contributed by atoms with van der Waals surface area (Å²) in [5, 5.41) is 0. The minimum absolute atomic E-state index is 0.332. The first-order chi connectivity index (χ1) is 14.1. The molecule has 0 heterocycles. The van der Waals surface area contributed by atoms with Crippen LogP contribution in [0.2, 0.25) is 0 Å². The van der Waals surface area contributed by atoms with Crippen molar-refractivity contribution in [1.29, 1.82) is 0 Å². The van der Waals surface area contributed by atoms with E-state index in [9.17, 15) is 9.18 Å². The van der Waals surface area contributed by atoms with Crippen molar-refractivity contribution in [1.82, 2.24) is 0 Å². The topological polar surface area (TPSA) is 26.3 Å². The molecule has 0 atom stereocenters. The second-order valence-electron chi connectivity index (χ2n) is 6.54. The van der Waals surface area contributed by atoms with Crippen LogP contribution < -0.4 is 4.74 Å². The summed E-state index contributed by atoms with van der Waals surface area (Å²) in [7, 11) is 0. The lowest BCUT2D eigenvalue weighted by Gasteiger charge is -2.05. The monoisotopic (exact) mass is 384 g/mol. The zero-order valence-corrected chi connectivity index (χ0v) is 16.2. The summed E-state index contributed by atoms with van der Waals surface area (Å²) in [5.41, 5.74) is 4.11. The number of hydrogen-bond acceptors (Lipinski definition) is 2. The fourth-order valence-electron chi connectivity index (χ4n) is 2.85. The Morgan fingerprint density at radius 1 is 1.00 bits per heavy atom. The molecule has 0 bridgehead atoms. The van der Waals surface area contributed by atoms with Crippen LogP contribution in [-0.4, -0.2) is 5.97 Å². The molecule has 0 unspecified atom stereocenters. The Balaban J connectivity index is 1.74. The maximum absolute atomic E-state index is 14.5. The molecule has 0 aromatic heterocycles. The molecule has 0 aliphatic rings. The standard InChI is InChI=1S/C26H21FO2/c1-3-5-19-6-11-21(12-7-19)23-15-14-22(25(27)18-23)13-8-20-9-16-24(17-10-20)29-26(28)4-2/h4,6-7,9-12,14-18H,2-3,5H2,1H3. The first kappa shape index (κ1) is 20.1. The van der Waals surface area contributed by atoms with E-state index in [0.717, 1.165) is 30.0 Å². The minimum atomic E-state index is -0.522. The Bertz CT molecular complexity index is 1070. The Labute approximate surface area is 170 Å². The largest absolute Gasteiger partial charge is 0.423 e. The molecule has 3 rings (SSSR count). The van der Waals surface area contributed by atoms with Crippen LogP contribution >= 0.6 is 0 Å². The number of carbonyl (C=O) groups is 1. The third-order valence-electron chi connectivity index (χ3n) is 4.38. The zero-order chi connectivity index (χ0) is 20.6. The molecule has 3 heteroatoms. The lowest BCUT2D eigenvalue weighted by Crippen LogP contribution is -2.02. The summed E-state index contributed by atoms with van der Waals surface area (Å²) < 4.78 is 19.5. The number of ether oxygens (including phenoxy) is 1. The molecule has 0 aliphatic carbocycles. The third kappa shape index (κ3) is 5.43. The molecule has 0 saturated carbocycles. The SMILES string of the molecule is C=CC(=O)Oc1ccc(C#Cc2ccc(-c3ccc(CCC)cc3)cc2F)cc1. The van der Waals surface area contributed by atoms with Gasteiger partial charge in [-0.1, -0.05) is 62.1 Å². The van der Waals surface area contributed by atoms with Gasteiger partial charge in [0.25, 0.3) is 0 Å². The van der Waals surface area contributed by atoms with E-state index < -0.39 is 5.97 Å². The number of esters is 1. The second kappa shape index (κ2) is 9.52. The van der Waals surface area contributed by atoms with Gasteiger partial charge in [-0.2, -0.15) is 0 Å². The molecule has 144 valence electrons. The van der Waals surface area contributed by atoms with Crippen molar-refractivity contribution in [2.75, 3.05) is 0 Å². The van der Waals surface area contributed by atoms with Crippen molar-refractivity contribution in [3.05, 3.63) is 102 Å². The third-order valence-corrected chi connectivity index (χ3v) is 4.38. The number of benzene rings is 3. The number of carbonyl (C=O) groups excluding carboxylic acids is 1. The Morgan fingerprint density at radius 2 is 1.69 bits per heavy atom. The van der Waals surface area contributed by atoms with Gasteiger partial charge >= 0.3 is 5.97 Å². The van der Waals surface area contributed by atoms with E-state index in [4.69, 9.17) is 4.74 Å². The van der Waals surface area contributed by atoms with E-state index in [1.807, 2.05) is 18.2 Å². The number of hydrogen-bond donors (Lipinski definition) is 0. The van der Waals surface area contributed by atoms with Crippen LogP contribution in [0.5, 0.6) is 5.75 Å². The maximum Gasteiger partial charge on any atom is 0.335 e. The highest BCUT2D eigenvalue weighted by Gasteiger charge is 2.04.